The van der Waals surface area contributed by atoms with Gasteiger partial charge >= 0.3 is 0 Å². The quantitative estimate of drug-likeness (QED) is 0.193. The molecule has 9 aromatic rings. The molecule has 0 saturated heterocycles. The Labute approximate surface area is 265 Å². The zero-order valence-electron chi connectivity index (χ0n) is 24.5. The highest BCUT2D eigenvalue weighted by Crippen LogP contribution is 2.41. The maximum Gasteiger partial charge on any atom is 0.0548 e. The van der Waals surface area contributed by atoms with Gasteiger partial charge in [0.25, 0.3) is 0 Å². The third-order valence-electron chi connectivity index (χ3n) is 8.89. The predicted molar refractivity (Wildman–Crippen MR) is 195 cm³/mol. The summed E-state index contributed by atoms with van der Waals surface area (Å²) in [7, 11) is 0. The standard InChI is InChI=1S/C42H28N2S/c1-2-10-34-37-26-32(22-24-39(37)44-38-15-8-6-13-30(38)25-40(34)44)43(31-19-17-29(18-20-31)28-11-4-3-5-12-28)33-21-23-36-35-14-7-9-16-41(35)45-42(36)27-33/h2-27H,1H2. The molecule has 3 heteroatoms. The average Bonchev–Trinajstić information content (AvgIpc) is 3.75. The van der Waals surface area contributed by atoms with Crippen molar-refractivity contribution in [2.45, 2.75) is 0 Å². The van der Waals surface area contributed by atoms with Crippen LogP contribution in [0.5, 0.6) is 0 Å². The summed E-state index contributed by atoms with van der Waals surface area (Å²) >= 11 is 1.85. The maximum atomic E-state index is 4.06. The Morgan fingerprint density at radius 2 is 1.20 bits per heavy atom. The van der Waals surface area contributed by atoms with Crippen LogP contribution in [0.2, 0.25) is 0 Å². The highest BCUT2D eigenvalue weighted by Gasteiger charge is 2.18. The molecule has 45 heavy (non-hydrogen) atoms. The molecule has 0 aliphatic heterocycles. The van der Waals surface area contributed by atoms with Crippen LogP contribution in [0.4, 0.5) is 17.1 Å². The average molecular weight is 593 g/mol. The largest absolute Gasteiger partial charge is 0.310 e. The minimum atomic E-state index is 1.12. The summed E-state index contributed by atoms with van der Waals surface area (Å²) < 4.78 is 4.98. The van der Waals surface area contributed by atoms with Gasteiger partial charge in [-0.05, 0) is 71.8 Å². The molecule has 3 aromatic heterocycles. The molecule has 0 radical (unpaired) electrons. The molecule has 2 nitrogen and oxygen atoms in total. The molecular weight excluding hydrogens is 565 g/mol. The van der Waals surface area contributed by atoms with Crippen LogP contribution in [-0.2, 0) is 0 Å². The smallest absolute Gasteiger partial charge is 0.0548 e. The van der Waals surface area contributed by atoms with Crippen molar-refractivity contribution in [3.05, 3.63) is 163 Å². The zero-order chi connectivity index (χ0) is 29.9. The fourth-order valence-corrected chi connectivity index (χ4v) is 7.99. The summed E-state index contributed by atoms with van der Waals surface area (Å²) in [6.45, 7) is 4.06. The summed E-state index contributed by atoms with van der Waals surface area (Å²) in [5.74, 6) is 0. The third kappa shape index (κ3) is 4.09. The Balaban J connectivity index is 1.27. The van der Waals surface area contributed by atoms with Crippen LogP contribution in [0.25, 0.3) is 64.7 Å². The Bertz CT molecular complexity index is 2610. The number of thiophene rings is 1. The van der Waals surface area contributed by atoms with Crippen LogP contribution in [0.3, 0.4) is 0 Å². The number of allylic oxidation sites excluding steroid dienone is 1. The van der Waals surface area contributed by atoms with Gasteiger partial charge < -0.3 is 9.30 Å². The molecule has 0 saturated carbocycles. The Hall–Kier alpha value is -5.64. The van der Waals surface area contributed by atoms with Crippen LogP contribution >= 0.6 is 11.3 Å². The summed E-state index contributed by atoms with van der Waals surface area (Å²) in [6.07, 6.45) is 4.04. The van der Waals surface area contributed by atoms with E-state index in [1.165, 1.54) is 63.8 Å². The molecule has 0 atom stereocenters. The molecule has 0 fully saturated rings. The van der Waals surface area contributed by atoms with E-state index in [9.17, 15) is 0 Å². The van der Waals surface area contributed by atoms with Crippen molar-refractivity contribution in [2.24, 2.45) is 0 Å². The number of fused-ring (bicyclic) bond motifs is 8. The second kappa shape index (κ2) is 10.2. The molecule has 6 aromatic carbocycles. The fraction of sp³-hybridized carbons (Fsp3) is 0. The number of hydrogen-bond donors (Lipinski definition) is 0. The van der Waals surface area contributed by atoms with E-state index >= 15 is 0 Å². The van der Waals surface area contributed by atoms with E-state index in [2.05, 4.69) is 168 Å². The number of anilines is 3. The monoisotopic (exact) mass is 592 g/mol. The first-order valence-corrected chi connectivity index (χ1v) is 16.0. The van der Waals surface area contributed by atoms with Crippen LogP contribution in [0, 0.1) is 0 Å². The summed E-state index contributed by atoms with van der Waals surface area (Å²) in [6, 6.07) is 52.8. The molecule has 0 spiro atoms. The van der Waals surface area contributed by atoms with Gasteiger partial charge in [-0.1, -0.05) is 104 Å². The first kappa shape index (κ1) is 25.8. The molecule has 0 unspecified atom stereocenters. The minimum absolute atomic E-state index is 1.12. The van der Waals surface area contributed by atoms with Gasteiger partial charge in [0.05, 0.1) is 16.6 Å². The van der Waals surface area contributed by atoms with E-state index in [1.54, 1.807) is 0 Å². The topological polar surface area (TPSA) is 7.65 Å². The molecule has 3 heterocycles. The lowest BCUT2D eigenvalue weighted by Crippen LogP contribution is -2.10. The lowest BCUT2D eigenvalue weighted by atomic mass is 10.0. The Morgan fingerprint density at radius 3 is 2.07 bits per heavy atom. The molecule has 9 rings (SSSR count). The number of rotatable bonds is 5. The summed E-state index contributed by atoms with van der Waals surface area (Å²) in [5, 5.41) is 6.26. The van der Waals surface area contributed by atoms with Gasteiger partial charge in [-0.2, -0.15) is 0 Å². The van der Waals surface area contributed by atoms with Gasteiger partial charge in [-0.25, -0.2) is 0 Å². The molecule has 0 aliphatic rings. The van der Waals surface area contributed by atoms with Gasteiger partial charge in [0.1, 0.15) is 0 Å². The van der Waals surface area contributed by atoms with Gasteiger partial charge in [-0.15, -0.1) is 11.3 Å². The van der Waals surface area contributed by atoms with Crippen LogP contribution in [0.1, 0.15) is 0 Å². The van der Waals surface area contributed by atoms with Crippen LogP contribution in [0.15, 0.2) is 158 Å². The number of aromatic nitrogens is 1. The SMILES string of the molecule is C=CC=c1c2cc(N(c3ccc(-c4ccccc4)cc3)c3ccc4c(c3)sc3ccccc34)ccc2n2c1cc1ccccc12. The normalized spacial score (nSPS) is 12.2. The van der Waals surface area contributed by atoms with E-state index in [-0.39, 0.29) is 0 Å². The number of hydrogen-bond acceptors (Lipinski definition) is 2. The molecule has 0 amide bonds. The lowest BCUT2D eigenvalue weighted by Gasteiger charge is -2.26. The van der Waals surface area contributed by atoms with Crippen LogP contribution < -0.4 is 10.1 Å². The van der Waals surface area contributed by atoms with Crippen molar-refractivity contribution in [1.82, 2.24) is 4.40 Å². The van der Waals surface area contributed by atoms with Gasteiger partial charge in [0.15, 0.2) is 0 Å². The van der Waals surface area contributed by atoms with Crippen molar-refractivity contribution in [3.63, 3.8) is 0 Å². The number of benzene rings is 6. The predicted octanol–water partition coefficient (Wildman–Crippen LogP) is 11.4. The highest BCUT2D eigenvalue weighted by molar-refractivity contribution is 7.25. The lowest BCUT2D eigenvalue weighted by molar-refractivity contribution is 1.29. The van der Waals surface area contributed by atoms with E-state index in [0.29, 0.717) is 0 Å². The van der Waals surface area contributed by atoms with E-state index in [1.807, 2.05) is 17.4 Å². The molecule has 212 valence electrons. The zero-order valence-corrected chi connectivity index (χ0v) is 25.3. The number of nitrogens with zero attached hydrogens (tertiary/aromatic N) is 2. The first-order valence-electron chi connectivity index (χ1n) is 15.2. The molecular formula is C42H28N2S. The molecule has 0 aliphatic carbocycles. The Morgan fingerprint density at radius 1 is 0.511 bits per heavy atom. The second-order valence-corrected chi connectivity index (χ2v) is 12.6. The summed E-state index contributed by atoms with van der Waals surface area (Å²) in [4.78, 5) is 2.39. The minimum Gasteiger partial charge on any atom is -0.310 e. The van der Waals surface area contributed by atoms with E-state index < -0.39 is 0 Å². The van der Waals surface area contributed by atoms with Gasteiger partial charge in [0.2, 0.25) is 0 Å². The Kier molecular flexibility index (Phi) is 5.87. The molecule has 0 N–H and O–H groups in total. The first-order chi connectivity index (χ1) is 22.3. The fourth-order valence-electron chi connectivity index (χ4n) is 6.85. The van der Waals surface area contributed by atoms with Crippen molar-refractivity contribution in [3.8, 4) is 11.1 Å². The number of para-hydroxylation sites is 1. The van der Waals surface area contributed by atoms with Gasteiger partial charge in [0, 0.05) is 53.2 Å². The second-order valence-electron chi connectivity index (χ2n) is 11.5. The summed E-state index contributed by atoms with van der Waals surface area (Å²) in [5.41, 5.74) is 9.41. The van der Waals surface area contributed by atoms with Crippen molar-refractivity contribution in [2.75, 3.05) is 4.90 Å². The maximum absolute atomic E-state index is 4.06. The van der Waals surface area contributed by atoms with Crippen molar-refractivity contribution < 1.29 is 0 Å². The highest BCUT2D eigenvalue weighted by atomic mass is 32.1. The van der Waals surface area contributed by atoms with E-state index in [4.69, 9.17) is 0 Å². The van der Waals surface area contributed by atoms with Crippen molar-refractivity contribution >= 4 is 82.0 Å². The molecule has 0 bridgehead atoms. The van der Waals surface area contributed by atoms with Crippen LogP contribution in [-0.4, -0.2) is 4.40 Å². The van der Waals surface area contributed by atoms with E-state index in [0.717, 1.165) is 17.1 Å². The van der Waals surface area contributed by atoms with Crippen molar-refractivity contribution in [1.29, 1.82) is 0 Å². The van der Waals surface area contributed by atoms with Gasteiger partial charge in [-0.3, -0.25) is 0 Å². The third-order valence-corrected chi connectivity index (χ3v) is 10.0.